The van der Waals surface area contributed by atoms with Crippen molar-refractivity contribution in [3.05, 3.63) is 29.3 Å². The van der Waals surface area contributed by atoms with E-state index < -0.39 is 10.0 Å². The fourth-order valence-electron chi connectivity index (χ4n) is 2.51. The molecule has 0 spiro atoms. The number of carbonyl (C=O) groups is 1. The number of benzene rings is 1. The zero-order chi connectivity index (χ0) is 16.3. The molecular formula is C15H22N2O4S. The molecule has 0 saturated carbocycles. The highest BCUT2D eigenvalue weighted by Crippen LogP contribution is 2.20. The third-order valence-electron chi connectivity index (χ3n) is 3.60. The molecule has 2 N–H and O–H groups in total. The van der Waals surface area contributed by atoms with Crippen LogP contribution in [0.2, 0.25) is 0 Å². The fourth-order valence-corrected chi connectivity index (χ4v) is 3.09. The number of ether oxygens (including phenoxy) is 1. The number of anilines is 1. The number of aryl methyl sites for hydroxylation is 1. The Morgan fingerprint density at radius 3 is 2.73 bits per heavy atom. The van der Waals surface area contributed by atoms with E-state index >= 15 is 0 Å². The van der Waals surface area contributed by atoms with Crippen molar-refractivity contribution < 1.29 is 17.9 Å². The van der Waals surface area contributed by atoms with Gasteiger partial charge in [0.2, 0.25) is 10.0 Å². The van der Waals surface area contributed by atoms with Crippen LogP contribution >= 0.6 is 0 Å². The second-order valence-electron chi connectivity index (χ2n) is 5.74. The van der Waals surface area contributed by atoms with E-state index in [1.54, 1.807) is 18.2 Å². The molecule has 1 fully saturated rings. The molecule has 122 valence electrons. The molecule has 2 rings (SSSR count). The quantitative estimate of drug-likeness (QED) is 0.862. The van der Waals surface area contributed by atoms with Crippen LogP contribution in [0.4, 0.5) is 5.69 Å². The molecule has 7 heteroatoms. The first-order valence-electron chi connectivity index (χ1n) is 7.27. The summed E-state index contributed by atoms with van der Waals surface area (Å²) in [5, 5.41) is 2.89. The summed E-state index contributed by atoms with van der Waals surface area (Å²) in [6.07, 6.45) is 2.99. The lowest BCUT2D eigenvalue weighted by atomic mass is 10.1. The van der Waals surface area contributed by atoms with E-state index in [-0.39, 0.29) is 23.7 Å². The van der Waals surface area contributed by atoms with Crippen molar-refractivity contribution in [1.29, 1.82) is 0 Å². The highest BCUT2D eigenvalue weighted by Gasteiger charge is 2.25. The Labute approximate surface area is 131 Å². The minimum absolute atomic E-state index is 0.0140. The van der Waals surface area contributed by atoms with E-state index in [4.69, 9.17) is 4.74 Å². The molecule has 1 saturated heterocycles. The molecule has 0 unspecified atom stereocenters. The number of hydrogen-bond acceptors (Lipinski definition) is 4. The molecule has 0 bridgehead atoms. The summed E-state index contributed by atoms with van der Waals surface area (Å²) in [7, 11) is -3.44. The number of nitrogens with one attached hydrogen (secondary N) is 2. The van der Waals surface area contributed by atoms with E-state index in [1.165, 1.54) is 0 Å². The highest BCUT2D eigenvalue weighted by molar-refractivity contribution is 7.92. The molecular weight excluding hydrogens is 304 g/mol. The van der Waals surface area contributed by atoms with Crippen LogP contribution in [-0.2, 0) is 14.8 Å². The predicted molar refractivity (Wildman–Crippen MR) is 85.5 cm³/mol. The first kappa shape index (κ1) is 16.8. The molecule has 1 heterocycles. The Bertz CT molecular complexity index is 652. The van der Waals surface area contributed by atoms with Gasteiger partial charge in [0.25, 0.3) is 5.91 Å². The second kappa shape index (κ2) is 6.66. The zero-order valence-electron chi connectivity index (χ0n) is 13.0. The molecule has 6 nitrogen and oxygen atoms in total. The van der Waals surface area contributed by atoms with Crippen molar-refractivity contribution in [3.63, 3.8) is 0 Å². The van der Waals surface area contributed by atoms with Crippen LogP contribution in [0.3, 0.4) is 0 Å². The van der Waals surface area contributed by atoms with E-state index in [9.17, 15) is 13.2 Å². The van der Waals surface area contributed by atoms with Crippen molar-refractivity contribution in [1.82, 2.24) is 5.32 Å². The SMILES string of the molecule is Cc1ccc(NS(C)(=O)=O)c(C(=O)N[C@H](C)[C@H]2CCCO2)c1. The highest BCUT2D eigenvalue weighted by atomic mass is 32.2. The van der Waals surface area contributed by atoms with Crippen molar-refractivity contribution in [2.45, 2.75) is 38.8 Å². The summed E-state index contributed by atoms with van der Waals surface area (Å²) in [4.78, 5) is 12.5. The van der Waals surface area contributed by atoms with Crippen LogP contribution in [-0.4, -0.2) is 39.3 Å². The number of sulfonamides is 1. The van der Waals surface area contributed by atoms with Crippen LogP contribution in [0, 0.1) is 6.92 Å². The van der Waals surface area contributed by atoms with Crippen molar-refractivity contribution in [2.24, 2.45) is 0 Å². The van der Waals surface area contributed by atoms with Gasteiger partial charge in [-0.3, -0.25) is 9.52 Å². The Morgan fingerprint density at radius 2 is 2.14 bits per heavy atom. The summed E-state index contributed by atoms with van der Waals surface area (Å²) >= 11 is 0. The van der Waals surface area contributed by atoms with Gasteiger partial charge < -0.3 is 10.1 Å². The average molecular weight is 326 g/mol. The Morgan fingerprint density at radius 1 is 1.41 bits per heavy atom. The van der Waals surface area contributed by atoms with Gasteiger partial charge >= 0.3 is 0 Å². The van der Waals surface area contributed by atoms with Gasteiger partial charge in [-0.15, -0.1) is 0 Å². The maximum absolute atomic E-state index is 12.5. The largest absolute Gasteiger partial charge is 0.376 e. The molecule has 22 heavy (non-hydrogen) atoms. The second-order valence-corrected chi connectivity index (χ2v) is 7.49. The Kier molecular flexibility index (Phi) is 5.08. The lowest BCUT2D eigenvalue weighted by Crippen LogP contribution is -2.41. The van der Waals surface area contributed by atoms with Gasteiger partial charge in [-0.1, -0.05) is 11.6 Å². The van der Waals surface area contributed by atoms with Crippen LogP contribution < -0.4 is 10.0 Å². The first-order chi connectivity index (χ1) is 10.3. The third-order valence-corrected chi connectivity index (χ3v) is 4.19. The summed E-state index contributed by atoms with van der Waals surface area (Å²) < 4.78 is 30.8. The van der Waals surface area contributed by atoms with Gasteiger partial charge in [-0.25, -0.2) is 8.42 Å². The van der Waals surface area contributed by atoms with Crippen molar-refractivity contribution in [2.75, 3.05) is 17.6 Å². The molecule has 0 radical (unpaired) electrons. The molecule has 1 aliphatic heterocycles. The molecule has 1 aromatic rings. The Hall–Kier alpha value is -1.60. The molecule has 1 aliphatic rings. The third kappa shape index (κ3) is 4.45. The molecule has 0 aliphatic carbocycles. The van der Waals surface area contributed by atoms with Crippen molar-refractivity contribution in [3.8, 4) is 0 Å². The summed E-state index contributed by atoms with van der Waals surface area (Å²) in [5.41, 5.74) is 1.48. The lowest BCUT2D eigenvalue weighted by Gasteiger charge is -2.21. The minimum Gasteiger partial charge on any atom is -0.376 e. The normalized spacial score (nSPS) is 19.7. The number of hydrogen-bond donors (Lipinski definition) is 2. The average Bonchev–Trinajstić information content (AvgIpc) is 2.93. The lowest BCUT2D eigenvalue weighted by molar-refractivity contribution is 0.0713. The summed E-state index contributed by atoms with van der Waals surface area (Å²) in [6, 6.07) is 4.91. The number of rotatable bonds is 5. The Balaban J connectivity index is 2.18. The maximum Gasteiger partial charge on any atom is 0.253 e. The van der Waals surface area contributed by atoms with Gasteiger partial charge in [0.15, 0.2) is 0 Å². The standard InChI is InChI=1S/C15H22N2O4S/c1-10-6-7-13(17-22(3,19)20)12(9-10)15(18)16-11(2)14-5-4-8-21-14/h6-7,9,11,14,17H,4-5,8H2,1-3H3,(H,16,18)/t11-,14-/m1/s1. The monoisotopic (exact) mass is 326 g/mol. The summed E-state index contributed by atoms with van der Waals surface area (Å²) in [6.45, 7) is 4.47. The van der Waals surface area contributed by atoms with Crippen LogP contribution in [0.15, 0.2) is 18.2 Å². The van der Waals surface area contributed by atoms with Gasteiger partial charge in [0.1, 0.15) is 0 Å². The van der Waals surface area contributed by atoms with Crippen LogP contribution in [0.25, 0.3) is 0 Å². The predicted octanol–water partition coefficient (Wildman–Crippen LogP) is 1.66. The first-order valence-corrected chi connectivity index (χ1v) is 9.16. The smallest absolute Gasteiger partial charge is 0.253 e. The van der Waals surface area contributed by atoms with E-state index in [2.05, 4.69) is 10.0 Å². The maximum atomic E-state index is 12.5. The number of amides is 1. The van der Waals surface area contributed by atoms with Gasteiger partial charge in [-0.05, 0) is 38.8 Å². The molecule has 1 aromatic carbocycles. The molecule has 1 amide bonds. The minimum atomic E-state index is -3.44. The van der Waals surface area contributed by atoms with E-state index in [0.29, 0.717) is 5.56 Å². The summed E-state index contributed by atoms with van der Waals surface area (Å²) in [5.74, 6) is -0.308. The van der Waals surface area contributed by atoms with Crippen LogP contribution in [0.1, 0.15) is 35.7 Å². The molecule has 0 aromatic heterocycles. The van der Waals surface area contributed by atoms with Crippen LogP contribution in [0.5, 0.6) is 0 Å². The van der Waals surface area contributed by atoms with Gasteiger partial charge in [-0.2, -0.15) is 0 Å². The van der Waals surface area contributed by atoms with Crippen molar-refractivity contribution >= 4 is 21.6 Å². The molecule has 2 atom stereocenters. The van der Waals surface area contributed by atoms with Gasteiger partial charge in [0, 0.05) is 6.61 Å². The van der Waals surface area contributed by atoms with Gasteiger partial charge in [0.05, 0.1) is 29.7 Å². The fraction of sp³-hybridized carbons (Fsp3) is 0.533. The topological polar surface area (TPSA) is 84.5 Å². The van der Waals surface area contributed by atoms with E-state index in [0.717, 1.165) is 31.3 Å². The van der Waals surface area contributed by atoms with E-state index in [1.807, 2.05) is 13.8 Å². The number of carbonyl (C=O) groups excluding carboxylic acids is 1. The zero-order valence-corrected chi connectivity index (χ0v) is 13.9.